The minimum absolute atomic E-state index is 0.107. The van der Waals surface area contributed by atoms with E-state index in [0.717, 1.165) is 0 Å². The number of hydrogen-bond acceptors (Lipinski definition) is 4. The molecule has 18 heavy (non-hydrogen) atoms. The molecular weight excluding hydrogens is 246 g/mol. The van der Waals surface area contributed by atoms with Gasteiger partial charge in [-0.1, -0.05) is 0 Å². The normalized spacial score (nSPS) is 15.6. The number of alkyl halides is 2. The number of hydrogen-bond donors (Lipinski definition) is 1. The second-order valence-corrected chi connectivity index (χ2v) is 4.10. The molecule has 0 atom stereocenters. The van der Waals surface area contributed by atoms with Gasteiger partial charge < -0.3 is 14.7 Å². The summed E-state index contributed by atoms with van der Waals surface area (Å²) in [7, 11) is 0. The molecule has 2 rings (SSSR count). The van der Waals surface area contributed by atoms with Gasteiger partial charge in [-0.25, -0.2) is 4.98 Å². The molecule has 0 saturated carbocycles. The average Bonchev–Trinajstić information content (AvgIpc) is 2.22. The van der Waals surface area contributed by atoms with E-state index in [1.165, 1.54) is 12.3 Å². The van der Waals surface area contributed by atoms with E-state index in [-0.39, 0.29) is 18.2 Å². The standard InChI is InChI=1S/C11H12F2N2O3/c12-11(13)18-9-4-8(1-2-14-9)15-5-7(6-15)3-10(16)17/h1-2,4,7,11H,3,5-6H2,(H,16,17). The number of rotatable bonds is 5. The molecule has 1 aliphatic rings. The van der Waals surface area contributed by atoms with Gasteiger partial charge in [0.15, 0.2) is 0 Å². The predicted octanol–water partition coefficient (Wildman–Crippen LogP) is 1.59. The number of aromatic nitrogens is 1. The molecule has 7 heteroatoms. The van der Waals surface area contributed by atoms with Crippen LogP contribution < -0.4 is 9.64 Å². The molecule has 1 saturated heterocycles. The Balaban J connectivity index is 1.93. The van der Waals surface area contributed by atoms with Crippen molar-refractivity contribution < 1.29 is 23.4 Å². The van der Waals surface area contributed by atoms with E-state index >= 15 is 0 Å². The summed E-state index contributed by atoms with van der Waals surface area (Å²) in [4.78, 5) is 16.1. The van der Waals surface area contributed by atoms with Crippen molar-refractivity contribution in [1.29, 1.82) is 0 Å². The van der Waals surface area contributed by atoms with Crippen LogP contribution in [0.2, 0.25) is 0 Å². The molecule has 98 valence electrons. The zero-order valence-electron chi connectivity index (χ0n) is 9.42. The third kappa shape index (κ3) is 3.06. The lowest BCUT2D eigenvalue weighted by atomic mass is 9.96. The molecule has 1 aromatic rings. The predicted molar refractivity (Wildman–Crippen MR) is 58.8 cm³/mol. The Kier molecular flexibility index (Phi) is 3.59. The first-order valence-electron chi connectivity index (χ1n) is 5.42. The number of carbonyl (C=O) groups is 1. The first kappa shape index (κ1) is 12.5. The van der Waals surface area contributed by atoms with Crippen LogP contribution in [-0.4, -0.2) is 35.8 Å². The number of pyridine rings is 1. The Morgan fingerprint density at radius 1 is 1.61 bits per heavy atom. The second kappa shape index (κ2) is 5.16. The number of nitrogens with zero attached hydrogens (tertiary/aromatic N) is 2. The molecule has 5 nitrogen and oxygen atoms in total. The van der Waals surface area contributed by atoms with Gasteiger partial charge in [0.2, 0.25) is 5.88 Å². The summed E-state index contributed by atoms with van der Waals surface area (Å²) in [6.45, 7) is -1.70. The minimum Gasteiger partial charge on any atom is -0.481 e. The number of carboxylic acids is 1. The van der Waals surface area contributed by atoms with Crippen LogP contribution in [-0.2, 0) is 4.79 Å². The third-order valence-electron chi connectivity index (χ3n) is 2.71. The van der Waals surface area contributed by atoms with Crippen molar-refractivity contribution in [3.63, 3.8) is 0 Å². The minimum atomic E-state index is -2.90. The van der Waals surface area contributed by atoms with Gasteiger partial charge in [-0.2, -0.15) is 8.78 Å². The molecule has 1 fully saturated rings. The quantitative estimate of drug-likeness (QED) is 0.869. The number of carboxylic acid groups (broad SMARTS) is 1. The average molecular weight is 258 g/mol. The summed E-state index contributed by atoms with van der Waals surface area (Å²) in [5.74, 6) is -0.851. The zero-order chi connectivity index (χ0) is 13.1. The summed E-state index contributed by atoms with van der Waals surface area (Å²) in [6, 6.07) is 3.10. The summed E-state index contributed by atoms with van der Waals surface area (Å²) in [6.07, 6.45) is 1.51. The molecule has 0 aliphatic carbocycles. The molecular formula is C11H12F2N2O3. The highest BCUT2D eigenvalue weighted by atomic mass is 19.3. The lowest BCUT2D eigenvalue weighted by molar-refractivity contribution is -0.138. The van der Waals surface area contributed by atoms with E-state index in [1.54, 1.807) is 6.07 Å². The number of ether oxygens (including phenoxy) is 1. The summed E-state index contributed by atoms with van der Waals surface area (Å²) in [5, 5.41) is 8.62. The highest BCUT2D eigenvalue weighted by Gasteiger charge is 2.29. The topological polar surface area (TPSA) is 62.7 Å². The van der Waals surface area contributed by atoms with Gasteiger partial charge in [0.1, 0.15) is 0 Å². The monoisotopic (exact) mass is 258 g/mol. The van der Waals surface area contributed by atoms with E-state index < -0.39 is 12.6 Å². The highest BCUT2D eigenvalue weighted by Crippen LogP contribution is 2.28. The fourth-order valence-corrected chi connectivity index (χ4v) is 1.91. The molecule has 1 N–H and O–H groups in total. The first-order chi connectivity index (χ1) is 8.54. The third-order valence-corrected chi connectivity index (χ3v) is 2.71. The first-order valence-corrected chi connectivity index (χ1v) is 5.42. The molecule has 1 aliphatic heterocycles. The van der Waals surface area contributed by atoms with Crippen LogP contribution >= 0.6 is 0 Å². The Labute approximate surface area is 102 Å². The van der Waals surface area contributed by atoms with E-state index in [0.29, 0.717) is 18.8 Å². The Hall–Kier alpha value is -1.92. The Morgan fingerprint density at radius 3 is 2.94 bits per heavy atom. The molecule has 0 bridgehead atoms. The molecule has 0 spiro atoms. The van der Waals surface area contributed by atoms with Crippen molar-refractivity contribution in [3.05, 3.63) is 18.3 Å². The van der Waals surface area contributed by atoms with Gasteiger partial charge in [0.25, 0.3) is 0 Å². The number of halogens is 2. The van der Waals surface area contributed by atoms with Gasteiger partial charge in [-0.05, 0) is 6.07 Å². The van der Waals surface area contributed by atoms with Crippen molar-refractivity contribution in [3.8, 4) is 5.88 Å². The van der Waals surface area contributed by atoms with Gasteiger partial charge in [-0.3, -0.25) is 4.79 Å². The molecule has 1 aromatic heterocycles. The van der Waals surface area contributed by atoms with Crippen LogP contribution in [0.5, 0.6) is 5.88 Å². The lowest BCUT2D eigenvalue weighted by Gasteiger charge is -2.40. The largest absolute Gasteiger partial charge is 0.481 e. The van der Waals surface area contributed by atoms with Gasteiger partial charge >= 0.3 is 12.6 Å². The Morgan fingerprint density at radius 2 is 2.33 bits per heavy atom. The fraction of sp³-hybridized carbons (Fsp3) is 0.455. The maximum atomic E-state index is 12.0. The van der Waals surface area contributed by atoms with E-state index in [2.05, 4.69) is 9.72 Å². The maximum absolute atomic E-state index is 12.0. The SMILES string of the molecule is O=C(O)CC1CN(c2ccnc(OC(F)F)c2)C1. The van der Waals surface area contributed by atoms with E-state index in [9.17, 15) is 13.6 Å². The summed E-state index contributed by atoms with van der Waals surface area (Å²) >= 11 is 0. The smallest absolute Gasteiger partial charge is 0.388 e. The van der Waals surface area contributed by atoms with E-state index in [1.807, 2.05) is 4.90 Å². The van der Waals surface area contributed by atoms with Gasteiger partial charge in [0.05, 0.1) is 6.42 Å². The van der Waals surface area contributed by atoms with Crippen LogP contribution in [0.3, 0.4) is 0 Å². The molecule has 0 amide bonds. The highest BCUT2D eigenvalue weighted by molar-refractivity contribution is 5.68. The van der Waals surface area contributed by atoms with Crippen LogP contribution in [0.4, 0.5) is 14.5 Å². The molecule has 0 aromatic carbocycles. The van der Waals surface area contributed by atoms with Crippen LogP contribution in [0.25, 0.3) is 0 Å². The van der Waals surface area contributed by atoms with Crippen molar-refractivity contribution in [2.45, 2.75) is 13.0 Å². The lowest BCUT2D eigenvalue weighted by Crippen LogP contribution is -2.47. The van der Waals surface area contributed by atoms with Crippen molar-refractivity contribution >= 4 is 11.7 Å². The van der Waals surface area contributed by atoms with Crippen LogP contribution in [0, 0.1) is 5.92 Å². The van der Waals surface area contributed by atoms with Crippen LogP contribution in [0.1, 0.15) is 6.42 Å². The zero-order valence-corrected chi connectivity index (χ0v) is 9.42. The molecule has 0 radical (unpaired) electrons. The summed E-state index contributed by atoms with van der Waals surface area (Å²) in [5.41, 5.74) is 0.710. The number of aliphatic carboxylic acids is 1. The maximum Gasteiger partial charge on any atom is 0.388 e. The fourth-order valence-electron chi connectivity index (χ4n) is 1.91. The number of anilines is 1. The molecule has 2 heterocycles. The second-order valence-electron chi connectivity index (χ2n) is 4.10. The van der Waals surface area contributed by atoms with Gasteiger partial charge in [0, 0.05) is 37.0 Å². The van der Waals surface area contributed by atoms with Crippen LogP contribution in [0.15, 0.2) is 18.3 Å². The van der Waals surface area contributed by atoms with Crippen molar-refractivity contribution in [2.75, 3.05) is 18.0 Å². The van der Waals surface area contributed by atoms with Gasteiger partial charge in [-0.15, -0.1) is 0 Å². The Bertz CT molecular complexity index is 436. The van der Waals surface area contributed by atoms with E-state index in [4.69, 9.17) is 5.11 Å². The van der Waals surface area contributed by atoms with Crippen molar-refractivity contribution in [2.24, 2.45) is 5.92 Å². The van der Waals surface area contributed by atoms with Crippen molar-refractivity contribution in [1.82, 2.24) is 4.98 Å². The summed E-state index contributed by atoms with van der Waals surface area (Å²) < 4.78 is 28.2. The molecule has 0 unspecified atom stereocenters.